The van der Waals surface area contributed by atoms with Gasteiger partial charge >= 0.3 is 0 Å². The molecule has 3 N–H and O–H groups in total. The van der Waals surface area contributed by atoms with E-state index in [9.17, 15) is 4.79 Å². The predicted molar refractivity (Wildman–Crippen MR) is 131 cm³/mol. The molecule has 3 rings (SSSR count). The molecule has 7 heteroatoms. The molecule has 29 heavy (non-hydrogen) atoms. The van der Waals surface area contributed by atoms with E-state index in [1.54, 1.807) is 0 Å². The van der Waals surface area contributed by atoms with Gasteiger partial charge in [0, 0.05) is 44.3 Å². The van der Waals surface area contributed by atoms with Crippen LogP contribution in [0.1, 0.15) is 44.2 Å². The van der Waals surface area contributed by atoms with Gasteiger partial charge in [-0.05, 0) is 36.8 Å². The molecule has 0 unspecified atom stereocenters. The van der Waals surface area contributed by atoms with Crippen LogP contribution in [0.2, 0.25) is 0 Å². The summed E-state index contributed by atoms with van der Waals surface area (Å²) in [5.74, 6) is 1.16. The highest BCUT2D eigenvalue weighted by Crippen LogP contribution is 2.28. The minimum Gasteiger partial charge on any atom is -0.370 e. The normalized spacial score (nSPS) is 18.1. The summed E-state index contributed by atoms with van der Waals surface area (Å²) in [6.45, 7) is 9.41. The van der Waals surface area contributed by atoms with E-state index in [-0.39, 0.29) is 24.0 Å². The quantitative estimate of drug-likeness (QED) is 0.334. The number of hydrogen-bond acceptors (Lipinski definition) is 3. The number of amides is 1. The fourth-order valence-corrected chi connectivity index (χ4v) is 3.99. The van der Waals surface area contributed by atoms with Gasteiger partial charge in [-0.1, -0.05) is 38.5 Å². The third-order valence-corrected chi connectivity index (χ3v) is 6.09. The minimum absolute atomic E-state index is 0. The van der Waals surface area contributed by atoms with Crippen molar-refractivity contribution in [2.24, 2.45) is 16.6 Å². The molecule has 0 aromatic heterocycles. The maximum absolute atomic E-state index is 12.3. The van der Waals surface area contributed by atoms with E-state index in [0.717, 1.165) is 64.1 Å². The van der Waals surface area contributed by atoms with Crippen LogP contribution >= 0.6 is 24.0 Å². The number of carbonyl (C=O) groups excluding carboxylic acids is 1. The number of piperazine rings is 1. The molecule has 1 amide bonds. The van der Waals surface area contributed by atoms with Crippen LogP contribution in [0.5, 0.6) is 0 Å². The van der Waals surface area contributed by atoms with Crippen LogP contribution in [0.15, 0.2) is 23.2 Å². The Labute approximate surface area is 192 Å². The van der Waals surface area contributed by atoms with Crippen molar-refractivity contribution < 1.29 is 4.79 Å². The zero-order chi connectivity index (χ0) is 19.9. The summed E-state index contributed by atoms with van der Waals surface area (Å²) in [6, 6.07) is 6.38. The Balaban J connectivity index is 0.00000300. The van der Waals surface area contributed by atoms with Crippen molar-refractivity contribution in [2.75, 3.05) is 44.6 Å². The summed E-state index contributed by atoms with van der Waals surface area (Å²) < 4.78 is 0. The Kier molecular flexibility index (Phi) is 9.68. The van der Waals surface area contributed by atoms with E-state index in [1.165, 1.54) is 17.5 Å². The number of nitrogens with zero attached hydrogens (tertiary/aromatic N) is 3. The van der Waals surface area contributed by atoms with E-state index in [2.05, 4.69) is 47.3 Å². The summed E-state index contributed by atoms with van der Waals surface area (Å²) in [6.07, 6.45) is 5.31. The average Bonchev–Trinajstić information content (AvgIpc) is 2.67. The van der Waals surface area contributed by atoms with Gasteiger partial charge in [-0.3, -0.25) is 14.7 Å². The van der Waals surface area contributed by atoms with Crippen molar-refractivity contribution in [2.45, 2.75) is 46.0 Å². The largest absolute Gasteiger partial charge is 0.370 e. The van der Waals surface area contributed by atoms with E-state index < -0.39 is 0 Å². The van der Waals surface area contributed by atoms with Crippen LogP contribution in [-0.2, 0) is 17.6 Å². The van der Waals surface area contributed by atoms with Gasteiger partial charge in [0.15, 0.2) is 5.96 Å². The lowest BCUT2D eigenvalue weighted by Gasteiger charge is -2.38. The molecule has 1 heterocycles. The molecule has 1 aliphatic heterocycles. The highest BCUT2D eigenvalue weighted by atomic mass is 127. The fraction of sp³-hybridized carbons (Fsp3) is 0.636. The second-order valence-electron chi connectivity index (χ2n) is 7.85. The van der Waals surface area contributed by atoms with Gasteiger partial charge in [-0.15, -0.1) is 24.0 Å². The summed E-state index contributed by atoms with van der Waals surface area (Å²) >= 11 is 0. The molecule has 1 aromatic rings. The molecule has 0 bridgehead atoms. The standard InChI is InChI=1S/C22H35N5O.HI/c1-3-17-7-5-8-18(4-2)20(17)25-22(23)24-11-12-26-13-15-27(16-14-26)21(28)19-9-6-10-19;/h5,7-8,19H,3-4,6,9-16H2,1-2H3,(H3,23,24,25);1H. The Morgan fingerprint density at radius 3 is 2.28 bits per heavy atom. The summed E-state index contributed by atoms with van der Waals surface area (Å²) in [5.41, 5.74) is 9.80. The number of aliphatic imine (C=N–C) groups is 1. The monoisotopic (exact) mass is 513 g/mol. The van der Waals surface area contributed by atoms with Crippen molar-refractivity contribution in [3.05, 3.63) is 29.3 Å². The van der Waals surface area contributed by atoms with Gasteiger partial charge in [-0.25, -0.2) is 0 Å². The number of carbonyl (C=O) groups is 1. The lowest BCUT2D eigenvalue weighted by molar-refractivity contribution is -0.139. The maximum Gasteiger partial charge on any atom is 0.225 e. The number of guanidine groups is 1. The summed E-state index contributed by atoms with van der Waals surface area (Å²) in [5, 5.41) is 3.32. The van der Waals surface area contributed by atoms with Crippen molar-refractivity contribution in [3.8, 4) is 0 Å². The molecule has 1 aromatic carbocycles. The number of halogens is 1. The zero-order valence-electron chi connectivity index (χ0n) is 17.8. The van der Waals surface area contributed by atoms with Crippen LogP contribution in [0.4, 0.5) is 5.69 Å². The second kappa shape index (κ2) is 11.7. The molecule has 162 valence electrons. The summed E-state index contributed by atoms with van der Waals surface area (Å²) in [4.78, 5) is 21.3. The molecular weight excluding hydrogens is 477 g/mol. The Morgan fingerprint density at radius 1 is 1.14 bits per heavy atom. The van der Waals surface area contributed by atoms with E-state index in [1.807, 2.05) is 4.90 Å². The van der Waals surface area contributed by atoms with Crippen LogP contribution in [0.25, 0.3) is 0 Å². The molecule has 1 saturated carbocycles. The van der Waals surface area contributed by atoms with Crippen molar-refractivity contribution in [1.82, 2.24) is 9.80 Å². The Bertz CT molecular complexity index is 674. The van der Waals surface area contributed by atoms with Gasteiger partial charge in [-0.2, -0.15) is 0 Å². The van der Waals surface area contributed by atoms with Gasteiger partial charge in [0.1, 0.15) is 0 Å². The number of anilines is 1. The topological polar surface area (TPSA) is 74.0 Å². The Hall–Kier alpha value is -1.35. The van der Waals surface area contributed by atoms with Gasteiger partial charge < -0.3 is 16.0 Å². The SMILES string of the molecule is CCc1cccc(CC)c1NC(N)=NCCN1CCN(C(=O)C2CCC2)CC1.I. The molecule has 0 spiro atoms. The molecular formula is C22H36IN5O. The molecule has 0 atom stereocenters. The third-order valence-electron chi connectivity index (χ3n) is 6.09. The smallest absolute Gasteiger partial charge is 0.225 e. The van der Waals surface area contributed by atoms with E-state index in [0.29, 0.717) is 24.3 Å². The van der Waals surface area contributed by atoms with Crippen molar-refractivity contribution in [1.29, 1.82) is 0 Å². The molecule has 1 aliphatic carbocycles. The zero-order valence-corrected chi connectivity index (χ0v) is 20.2. The van der Waals surface area contributed by atoms with Crippen LogP contribution < -0.4 is 11.1 Å². The molecule has 6 nitrogen and oxygen atoms in total. The van der Waals surface area contributed by atoms with Gasteiger partial charge in [0.25, 0.3) is 0 Å². The fourth-order valence-electron chi connectivity index (χ4n) is 3.99. The lowest BCUT2D eigenvalue weighted by Crippen LogP contribution is -2.51. The lowest BCUT2D eigenvalue weighted by atomic mass is 9.84. The molecule has 0 radical (unpaired) electrons. The van der Waals surface area contributed by atoms with Crippen molar-refractivity contribution in [3.63, 3.8) is 0 Å². The van der Waals surface area contributed by atoms with E-state index >= 15 is 0 Å². The first-order chi connectivity index (χ1) is 13.6. The van der Waals surface area contributed by atoms with Gasteiger partial charge in [0.05, 0.1) is 6.54 Å². The number of nitrogens with two attached hydrogens (primary N) is 1. The first-order valence-electron chi connectivity index (χ1n) is 10.8. The highest BCUT2D eigenvalue weighted by molar-refractivity contribution is 14.0. The number of para-hydroxylation sites is 1. The van der Waals surface area contributed by atoms with Crippen molar-refractivity contribution >= 4 is 41.5 Å². The number of nitrogens with one attached hydrogen (secondary N) is 1. The number of hydrogen-bond donors (Lipinski definition) is 2. The number of rotatable bonds is 7. The average molecular weight is 513 g/mol. The van der Waals surface area contributed by atoms with Crippen LogP contribution in [-0.4, -0.2) is 60.9 Å². The Morgan fingerprint density at radius 2 is 1.76 bits per heavy atom. The van der Waals surface area contributed by atoms with Gasteiger partial charge in [0.2, 0.25) is 5.91 Å². The number of aryl methyl sites for hydroxylation is 2. The molecule has 2 fully saturated rings. The highest BCUT2D eigenvalue weighted by Gasteiger charge is 2.30. The maximum atomic E-state index is 12.3. The first kappa shape index (κ1) is 23.9. The minimum atomic E-state index is 0. The number of benzene rings is 1. The first-order valence-corrected chi connectivity index (χ1v) is 10.8. The second-order valence-corrected chi connectivity index (χ2v) is 7.85. The predicted octanol–water partition coefficient (Wildman–Crippen LogP) is 3.10. The molecule has 2 aliphatic rings. The van der Waals surface area contributed by atoms with E-state index in [4.69, 9.17) is 5.73 Å². The van der Waals surface area contributed by atoms with Crippen LogP contribution in [0.3, 0.4) is 0 Å². The third kappa shape index (κ3) is 6.31. The van der Waals surface area contributed by atoms with Crippen LogP contribution in [0, 0.1) is 5.92 Å². The summed E-state index contributed by atoms with van der Waals surface area (Å²) in [7, 11) is 0. The molecule has 1 saturated heterocycles.